The number of aromatic nitrogens is 1. The van der Waals surface area contributed by atoms with Crippen molar-refractivity contribution >= 4 is 33.9 Å². The zero-order chi connectivity index (χ0) is 14.7. The summed E-state index contributed by atoms with van der Waals surface area (Å²) >= 11 is 0. The maximum absolute atomic E-state index is 11.0. The van der Waals surface area contributed by atoms with Crippen LogP contribution in [0.5, 0.6) is 0 Å². The Morgan fingerprint density at radius 3 is 2.95 bits per heavy atom. The van der Waals surface area contributed by atoms with Gasteiger partial charge in [0.25, 0.3) is 6.01 Å². The average molecular weight is 296 g/mol. The molecule has 0 bridgehead atoms. The highest BCUT2D eigenvalue weighted by Crippen LogP contribution is 2.21. The molecule has 0 amide bonds. The summed E-state index contributed by atoms with van der Waals surface area (Å²) < 4.78 is 16.5. The van der Waals surface area contributed by atoms with E-state index in [1.807, 2.05) is 6.92 Å². The first-order valence-electron chi connectivity index (χ1n) is 6.16. The Hall–Kier alpha value is -1.89. The van der Waals surface area contributed by atoms with Crippen molar-refractivity contribution in [3.63, 3.8) is 0 Å². The van der Waals surface area contributed by atoms with Crippen LogP contribution in [0, 0.1) is 0 Å². The highest BCUT2D eigenvalue weighted by Gasteiger charge is 2.11. The van der Waals surface area contributed by atoms with Gasteiger partial charge in [-0.05, 0) is 31.5 Å². The van der Waals surface area contributed by atoms with Gasteiger partial charge in [0.05, 0.1) is 5.56 Å². The summed E-state index contributed by atoms with van der Waals surface area (Å²) in [4.78, 5) is 15.1. The Morgan fingerprint density at radius 1 is 1.55 bits per heavy atom. The molecule has 2 aromatic rings. The number of fused-ring (bicyclic) bond motifs is 1. The first-order valence-corrected chi connectivity index (χ1v) is 7.89. The van der Waals surface area contributed by atoms with Gasteiger partial charge >= 0.3 is 5.97 Å². The molecular formula is C13H16N2O4S. The molecule has 2 unspecified atom stereocenters. The van der Waals surface area contributed by atoms with E-state index in [1.54, 1.807) is 12.3 Å². The van der Waals surface area contributed by atoms with Crippen LogP contribution < -0.4 is 5.32 Å². The fraction of sp³-hybridized carbons (Fsp3) is 0.385. The molecule has 0 aliphatic rings. The summed E-state index contributed by atoms with van der Waals surface area (Å²) in [7, 11) is -0.824. The van der Waals surface area contributed by atoms with E-state index in [9.17, 15) is 9.00 Å². The summed E-state index contributed by atoms with van der Waals surface area (Å²) in [5, 5.41) is 12.0. The molecule has 20 heavy (non-hydrogen) atoms. The zero-order valence-corrected chi connectivity index (χ0v) is 12.1. The van der Waals surface area contributed by atoms with Gasteiger partial charge in [0.1, 0.15) is 5.52 Å². The molecule has 0 aliphatic carbocycles. The van der Waals surface area contributed by atoms with E-state index < -0.39 is 16.8 Å². The number of carboxylic acid groups (broad SMARTS) is 1. The number of oxazole rings is 1. The monoisotopic (exact) mass is 296 g/mol. The minimum Gasteiger partial charge on any atom is -0.478 e. The lowest BCUT2D eigenvalue weighted by Crippen LogP contribution is -2.17. The minimum absolute atomic E-state index is 0.0749. The van der Waals surface area contributed by atoms with Gasteiger partial charge < -0.3 is 14.8 Å². The second-order valence-corrected chi connectivity index (χ2v) is 6.17. The van der Waals surface area contributed by atoms with Gasteiger partial charge in [0.15, 0.2) is 5.58 Å². The van der Waals surface area contributed by atoms with Gasteiger partial charge in [-0.25, -0.2) is 4.79 Å². The third-order valence-electron chi connectivity index (χ3n) is 2.84. The van der Waals surface area contributed by atoms with Crippen LogP contribution in [0.25, 0.3) is 11.1 Å². The number of hydrogen-bond donors (Lipinski definition) is 2. The predicted octanol–water partition coefficient (Wildman–Crippen LogP) is 2.10. The Balaban J connectivity index is 2.11. The summed E-state index contributed by atoms with van der Waals surface area (Å²) in [5.74, 6) is -0.394. The van der Waals surface area contributed by atoms with Gasteiger partial charge in [-0.1, -0.05) is 0 Å². The van der Waals surface area contributed by atoms with Crippen molar-refractivity contribution in [1.82, 2.24) is 4.98 Å². The van der Waals surface area contributed by atoms with Crippen LogP contribution >= 0.6 is 0 Å². The van der Waals surface area contributed by atoms with E-state index in [0.29, 0.717) is 22.9 Å². The fourth-order valence-electron chi connectivity index (χ4n) is 1.75. The summed E-state index contributed by atoms with van der Waals surface area (Å²) in [6.07, 6.45) is 2.40. The third kappa shape index (κ3) is 3.57. The van der Waals surface area contributed by atoms with Gasteiger partial charge in [-0.2, -0.15) is 4.98 Å². The Kier molecular flexibility index (Phi) is 4.39. The number of benzene rings is 1. The fourth-order valence-corrected chi connectivity index (χ4v) is 2.43. The van der Waals surface area contributed by atoms with Crippen molar-refractivity contribution in [3.05, 3.63) is 23.8 Å². The van der Waals surface area contributed by atoms with Crippen molar-refractivity contribution in [2.24, 2.45) is 0 Å². The zero-order valence-electron chi connectivity index (χ0n) is 11.3. The van der Waals surface area contributed by atoms with Crippen molar-refractivity contribution < 1.29 is 18.5 Å². The standard InChI is InChI=1S/C13H16N2O4S/c1-8(5-6-20(2)18)14-13-15-10-4-3-9(12(16)17)7-11(10)19-13/h3-4,7-8H,5-6H2,1-2H3,(H,14,15)(H,16,17). The lowest BCUT2D eigenvalue weighted by Gasteiger charge is -2.10. The van der Waals surface area contributed by atoms with E-state index in [-0.39, 0.29) is 11.6 Å². The maximum atomic E-state index is 11.0. The largest absolute Gasteiger partial charge is 0.478 e. The van der Waals surface area contributed by atoms with Crippen LogP contribution in [0.4, 0.5) is 6.01 Å². The molecule has 2 rings (SSSR count). The number of carbonyl (C=O) groups is 1. The number of hydrogen-bond acceptors (Lipinski definition) is 5. The minimum atomic E-state index is -1.00. The molecule has 0 aliphatic heterocycles. The predicted molar refractivity (Wildman–Crippen MR) is 77.6 cm³/mol. The van der Waals surface area contributed by atoms with Crippen LogP contribution in [-0.4, -0.2) is 38.3 Å². The van der Waals surface area contributed by atoms with E-state index in [1.165, 1.54) is 12.1 Å². The van der Waals surface area contributed by atoms with E-state index in [2.05, 4.69) is 10.3 Å². The molecule has 0 saturated heterocycles. The Morgan fingerprint density at radius 2 is 2.30 bits per heavy atom. The van der Waals surface area contributed by atoms with Crippen molar-refractivity contribution in [2.45, 2.75) is 19.4 Å². The van der Waals surface area contributed by atoms with Gasteiger partial charge in [0, 0.05) is 28.9 Å². The molecule has 0 spiro atoms. The van der Waals surface area contributed by atoms with Gasteiger partial charge in [-0.3, -0.25) is 4.21 Å². The average Bonchev–Trinajstić information content (AvgIpc) is 2.77. The number of nitrogens with one attached hydrogen (secondary N) is 1. The van der Waals surface area contributed by atoms with Crippen LogP contribution in [0.15, 0.2) is 22.6 Å². The molecule has 1 aromatic heterocycles. The number of aromatic carboxylic acids is 1. The Bertz CT molecular complexity index is 653. The molecule has 1 heterocycles. The molecule has 108 valence electrons. The number of carboxylic acids is 1. The normalized spacial score (nSPS) is 14.1. The van der Waals surface area contributed by atoms with Crippen molar-refractivity contribution in [1.29, 1.82) is 0 Å². The second kappa shape index (κ2) is 6.04. The van der Waals surface area contributed by atoms with E-state index >= 15 is 0 Å². The van der Waals surface area contributed by atoms with Gasteiger partial charge in [0.2, 0.25) is 0 Å². The number of rotatable bonds is 6. The maximum Gasteiger partial charge on any atom is 0.335 e. The SMILES string of the molecule is CC(CCS(C)=O)Nc1nc2ccc(C(=O)O)cc2o1. The van der Waals surface area contributed by atoms with Gasteiger partial charge in [-0.15, -0.1) is 0 Å². The smallest absolute Gasteiger partial charge is 0.335 e. The first-order chi connectivity index (χ1) is 9.45. The second-order valence-electron chi connectivity index (χ2n) is 4.62. The summed E-state index contributed by atoms with van der Waals surface area (Å²) in [5.41, 5.74) is 1.19. The van der Waals surface area contributed by atoms with E-state index in [4.69, 9.17) is 9.52 Å². The Labute approximate surface area is 118 Å². The van der Waals surface area contributed by atoms with Crippen LogP contribution in [0.2, 0.25) is 0 Å². The molecule has 2 N–H and O–H groups in total. The topological polar surface area (TPSA) is 92.4 Å². The first kappa shape index (κ1) is 14.5. The lowest BCUT2D eigenvalue weighted by atomic mass is 10.2. The van der Waals surface area contributed by atoms with Crippen molar-refractivity contribution in [3.8, 4) is 0 Å². The quantitative estimate of drug-likeness (QED) is 0.848. The molecule has 2 atom stereocenters. The highest BCUT2D eigenvalue weighted by molar-refractivity contribution is 7.84. The van der Waals surface area contributed by atoms with Crippen LogP contribution in [-0.2, 0) is 10.8 Å². The molecule has 0 saturated carbocycles. The number of anilines is 1. The molecule has 0 radical (unpaired) electrons. The van der Waals surface area contributed by atoms with Crippen LogP contribution in [0.1, 0.15) is 23.7 Å². The molecule has 7 heteroatoms. The van der Waals surface area contributed by atoms with Crippen molar-refractivity contribution in [2.75, 3.05) is 17.3 Å². The van der Waals surface area contributed by atoms with E-state index in [0.717, 1.165) is 6.42 Å². The van der Waals surface area contributed by atoms with Crippen LogP contribution in [0.3, 0.4) is 0 Å². The number of nitrogens with zero attached hydrogens (tertiary/aromatic N) is 1. The molecular weight excluding hydrogens is 280 g/mol. The molecule has 6 nitrogen and oxygen atoms in total. The highest BCUT2D eigenvalue weighted by atomic mass is 32.2. The molecule has 0 fully saturated rings. The third-order valence-corrected chi connectivity index (χ3v) is 3.65. The lowest BCUT2D eigenvalue weighted by molar-refractivity contribution is 0.0697. The summed E-state index contributed by atoms with van der Waals surface area (Å²) in [6, 6.07) is 4.96. The summed E-state index contributed by atoms with van der Waals surface area (Å²) in [6.45, 7) is 1.95. The molecule has 1 aromatic carbocycles.